The van der Waals surface area contributed by atoms with Gasteiger partial charge in [-0.05, 0) is 38.1 Å². The first-order valence-corrected chi connectivity index (χ1v) is 8.72. The highest BCUT2D eigenvalue weighted by Crippen LogP contribution is 2.25. The SMILES string of the molecule is COc1ccc(S(=O)(=O)N2CCC(=O)N(C(C)(C)CO)C2)cc1. The second-order valence-corrected chi connectivity index (χ2v) is 7.98. The van der Waals surface area contributed by atoms with Crippen LogP contribution in [0.25, 0.3) is 0 Å². The molecule has 0 spiro atoms. The van der Waals surface area contributed by atoms with Gasteiger partial charge in [0.05, 0.1) is 30.8 Å². The molecular weight excluding hydrogens is 320 g/mol. The van der Waals surface area contributed by atoms with Crippen molar-refractivity contribution in [3.63, 3.8) is 0 Å². The third-order valence-electron chi connectivity index (χ3n) is 3.99. The second-order valence-electron chi connectivity index (χ2n) is 6.04. The first-order valence-electron chi connectivity index (χ1n) is 7.28. The summed E-state index contributed by atoms with van der Waals surface area (Å²) in [5, 5.41) is 9.45. The number of rotatable bonds is 5. The van der Waals surface area contributed by atoms with Crippen LogP contribution >= 0.6 is 0 Å². The van der Waals surface area contributed by atoms with Crippen molar-refractivity contribution in [2.24, 2.45) is 0 Å². The minimum Gasteiger partial charge on any atom is -0.497 e. The maximum atomic E-state index is 12.7. The van der Waals surface area contributed by atoms with Crippen molar-refractivity contribution in [3.8, 4) is 5.75 Å². The lowest BCUT2D eigenvalue weighted by molar-refractivity contribution is -0.144. The van der Waals surface area contributed by atoms with E-state index in [4.69, 9.17) is 4.74 Å². The molecule has 1 N–H and O–H groups in total. The lowest BCUT2D eigenvalue weighted by atomic mass is 10.0. The van der Waals surface area contributed by atoms with Crippen molar-refractivity contribution < 1.29 is 23.1 Å². The molecule has 1 saturated heterocycles. The number of amides is 1. The maximum Gasteiger partial charge on any atom is 0.244 e. The summed E-state index contributed by atoms with van der Waals surface area (Å²) in [7, 11) is -2.20. The molecule has 128 valence electrons. The van der Waals surface area contributed by atoms with Crippen LogP contribution in [-0.2, 0) is 14.8 Å². The Morgan fingerprint density at radius 2 is 1.87 bits per heavy atom. The van der Waals surface area contributed by atoms with Crippen LogP contribution in [0.4, 0.5) is 0 Å². The number of ether oxygens (including phenoxy) is 1. The quantitative estimate of drug-likeness (QED) is 0.849. The minimum atomic E-state index is -3.71. The van der Waals surface area contributed by atoms with Crippen molar-refractivity contribution in [3.05, 3.63) is 24.3 Å². The molecule has 1 aromatic carbocycles. The molecule has 2 rings (SSSR count). The fourth-order valence-corrected chi connectivity index (χ4v) is 3.75. The Balaban J connectivity index is 2.27. The van der Waals surface area contributed by atoms with Crippen LogP contribution in [-0.4, -0.2) is 61.1 Å². The number of hydrogen-bond acceptors (Lipinski definition) is 5. The average Bonchev–Trinajstić information content (AvgIpc) is 2.55. The minimum absolute atomic E-state index is 0.0687. The van der Waals surface area contributed by atoms with Crippen molar-refractivity contribution in [1.82, 2.24) is 9.21 Å². The molecule has 0 bridgehead atoms. The standard InChI is InChI=1S/C15H22N2O5S/c1-15(2,10-18)17-11-16(9-8-14(17)19)23(20,21)13-6-4-12(22-3)5-7-13/h4-7,18H,8-11H2,1-3H3. The molecule has 1 aliphatic heterocycles. The Kier molecular flexibility index (Phi) is 4.98. The van der Waals surface area contributed by atoms with E-state index >= 15 is 0 Å². The van der Waals surface area contributed by atoms with Gasteiger partial charge in [-0.2, -0.15) is 4.31 Å². The van der Waals surface area contributed by atoms with E-state index in [1.54, 1.807) is 26.0 Å². The van der Waals surface area contributed by atoms with E-state index in [0.717, 1.165) is 0 Å². The highest BCUT2D eigenvalue weighted by atomic mass is 32.2. The summed E-state index contributed by atoms with van der Waals surface area (Å²) in [6, 6.07) is 6.12. The van der Waals surface area contributed by atoms with E-state index in [0.29, 0.717) is 5.75 Å². The average molecular weight is 342 g/mol. The Hall–Kier alpha value is -1.64. The van der Waals surface area contributed by atoms with Gasteiger partial charge in [0.15, 0.2) is 0 Å². The number of aliphatic hydroxyl groups excluding tert-OH is 1. The van der Waals surface area contributed by atoms with Gasteiger partial charge in [0.2, 0.25) is 15.9 Å². The van der Waals surface area contributed by atoms with Crippen LogP contribution < -0.4 is 4.74 Å². The monoisotopic (exact) mass is 342 g/mol. The normalized spacial score (nSPS) is 17.4. The molecule has 7 nitrogen and oxygen atoms in total. The number of nitrogens with zero attached hydrogens (tertiary/aromatic N) is 2. The zero-order valence-electron chi connectivity index (χ0n) is 13.5. The summed E-state index contributed by atoms with van der Waals surface area (Å²) in [5.41, 5.74) is -0.814. The van der Waals surface area contributed by atoms with Gasteiger partial charge in [0.1, 0.15) is 5.75 Å². The molecule has 0 aliphatic carbocycles. The molecule has 0 unspecified atom stereocenters. The molecule has 1 aliphatic rings. The molecule has 1 amide bonds. The number of sulfonamides is 1. The van der Waals surface area contributed by atoms with Crippen molar-refractivity contribution in [2.75, 3.05) is 26.9 Å². The molecule has 23 heavy (non-hydrogen) atoms. The van der Waals surface area contributed by atoms with Crippen LogP contribution in [0.2, 0.25) is 0 Å². The van der Waals surface area contributed by atoms with E-state index in [-0.39, 0.29) is 37.0 Å². The molecule has 0 radical (unpaired) electrons. The molecule has 0 atom stereocenters. The highest BCUT2D eigenvalue weighted by Gasteiger charge is 2.38. The molecule has 1 aromatic rings. The summed E-state index contributed by atoms with van der Waals surface area (Å²) in [6.45, 7) is 3.23. The van der Waals surface area contributed by atoms with E-state index in [1.807, 2.05) is 0 Å². The number of carbonyl (C=O) groups excluding carboxylic acids is 1. The van der Waals surface area contributed by atoms with E-state index in [1.165, 1.54) is 28.4 Å². The van der Waals surface area contributed by atoms with Crippen molar-refractivity contribution >= 4 is 15.9 Å². The van der Waals surface area contributed by atoms with Gasteiger partial charge in [0.25, 0.3) is 0 Å². The topological polar surface area (TPSA) is 87.2 Å². The van der Waals surface area contributed by atoms with Crippen LogP contribution in [0.3, 0.4) is 0 Å². The van der Waals surface area contributed by atoms with Gasteiger partial charge < -0.3 is 14.7 Å². The van der Waals surface area contributed by atoms with Gasteiger partial charge in [-0.25, -0.2) is 8.42 Å². The Morgan fingerprint density at radius 3 is 2.39 bits per heavy atom. The van der Waals surface area contributed by atoms with Crippen LogP contribution in [0, 0.1) is 0 Å². The number of hydrogen-bond donors (Lipinski definition) is 1. The maximum absolute atomic E-state index is 12.7. The Labute approximate surface area is 136 Å². The first-order chi connectivity index (χ1) is 10.7. The smallest absolute Gasteiger partial charge is 0.244 e. The zero-order valence-corrected chi connectivity index (χ0v) is 14.3. The van der Waals surface area contributed by atoms with Gasteiger partial charge in [-0.3, -0.25) is 4.79 Å². The second kappa shape index (κ2) is 6.46. The van der Waals surface area contributed by atoms with Crippen LogP contribution in [0.15, 0.2) is 29.2 Å². The van der Waals surface area contributed by atoms with Gasteiger partial charge in [-0.15, -0.1) is 0 Å². The number of benzene rings is 1. The largest absolute Gasteiger partial charge is 0.497 e. The number of carbonyl (C=O) groups is 1. The van der Waals surface area contributed by atoms with Gasteiger partial charge in [-0.1, -0.05) is 0 Å². The van der Waals surface area contributed by atoms with Gasteiger partial charge >= 0.3 is 0 Å². The number of methoxy groups -OCH3 is 1. The third-order valence-corrected chi connectivity index (χ3v) is 5.84. The Morgan fingerprint density at radius 1 is 1.26 bits per heavy atom. The van der Waals surface area contributed by atoms with Crippen molar-refractivity contribution in [2.45, 2.75) is 30.7 Å². The predicted molar refractivity (Wildman–Crippen MR) is 84.4 cm³/mol. The molecule has 0 saturated carbocycles. The third kappa shape index (κ3) is 3.49. The van der Waals surface area contributed by atoms with Crippen LogP contribution in [0.1, 0.15) is 20.3 Å². The zero-order chi connectivity index (χ0) is 17.3. The summed E-state index contributed by atoms with van der Waals surface area (Å²) < 4.78 is 31.8. The van der Waals surface area contributed by atoms with E-state index in [2.05, 4.69) is 0 Å². The summed E-state index contributed by atoms with van der Waals surface area (Å²) in [4.78, 5) is 13.6. The predicted octanol–water partition coefficient (Wildman–Crippen LogP) is 0.647. The Bertz CT molecular complexity index is 670. The molecule has 0 aromatic heterocycles. The van der Waals surface area contributed by atoms with E-state index in [9.17, 15) is 18.3 Å². The molecular formula is C15H22N2O5S. The summed E-state index contributed by atoms with van der Waals surface area (Å²) in [5.74, 6) is 0.408. The lowest BCUT2D eigenvalue weighted by Crippen LogP contribution is -2.59. The molecule has 1 fully saturated rings. The summed E-state index contributed by atoms with van der Waals surface area (Å²) >= 11 is 0. The van der Waals surface area contributed by atoms with Crippen molar-refractivity contribution in [1.29, 1.82) is 0 Å². The summed E-state index contributed by atoms with van der Waals surface area (Å²) in [6.07, 6.45) is 0.0960. The van der Waals surface area contributed by atoms with E-state index < -0.39 is 15.6 Å². The van der Waals surface area contributed by atoms with Gasteiger partial charge in [0, 0.05) is 13.0 Å². The molecule has 1 heterocycles. The lowest BCUT2D eigenvalue weighted by Gasteiger charge is -2.43. The molecule has 8 heteroatoms. The first kappa shape index (κ1) is 17.7. The number of aliphatic hydroxyl groups is 1. The van der Waals surface area contributed by atoms with Crippen LogP contribution in [0.5, 0.6) is 5.75 Å². The fraction of sp³-hybridized carbons (Fsp3) is 0.533. The fourth-order valence-electron chi connectivity index (χ4n) is 2.37. The highest BCUT2D eigenvalue weighted by molar-refractivity contribution is 7.89.